The molecule has 0 N–H and O–H groups in total. The van der Waals surface area contributed by atoms with Crippen LogP contribution in [0.1, 0.15) is 13.8 Å². The first-order valence-electron chi connectivity index (χ1n) is 4.67. The second-order valence-corrected chi connectivity index (χ2v) is 2.79. The number of hydrogen-bond donors (Lipinski definition) is 0. The molecule has 1 rings (SSSR count). The molecule has 0 atom stereocenters. The van der Waals surface area contributed by atoms with Crippen molar-refractivity contribution in [2.45, 2.75) is 13.8 Å². The Labute approximate surface area is 79.8 Å². The summed E-state index contributed by atoms with van der Waals surface area (Å²) in [5.74, 6) is 0.814. The Bertz CT molecular complexity index is 219. The molecule has 13 heavy (non-hydrogen) atoms. The van der Waals surface area contributed by atoms with Crippen molar-refractivity contribution in [1.29, 1.82) is 0 Å². The molecule has 0 amide bonds. The fourth-order valence-corrected chi connectivity index (χ4v) is 1.04. The Kier molecular flexibility index (Phi) is 4.26. The fraction of sp³-hybridized carbons (Fsp3) is 0.500. The monoisotopic (exact) mass is 178 g/mol. The lowest BCUT2D eigenvalue weighted by Crippen LogP contribution is -2.28. The summed E-state index contributed by atoms with van der Waals surface area (Å²) in [5.41, 5.74) is 0. The normalized spacial score (nSPS) is 10.4. The van der Waals surface area contributed by atoms with Gasteiger partial charge in [-0.2, -0.15) is 0 Å². The van der Waals surface area contributed by atoms with Crippen molar-refractivity contribution in [2.75, 3.05) is 19.8 Å². The lowest BCUT2D eigenvalue weighted by Gasteiger charge is -2.16. The van der Waals surface area contributed by atoms with Crippen LogP contribution in [0, 0.1) is 0 Å². The van der Waals surface area contributed by atoms with Crippen LogP contribution in [0.4, 0.5) is 5.82 Å². The number of pyridine rings is 1. The highest BCUT2D eigenvalue weighted by Gasteiger charge is 1.99. The van der Waals surface area contributed by atoms with Crippen molar-refractivity contribution < 1.29 is 0 Å². The van der Waals surface area contributed by atoms with E-state index in [4.69, 9.17) is 0 Å². The lowest BCUT2D eigenvalue weighted by molar-refractivity contribution is 0.292. The molecule has 71 valence electrons. The van der Waals surface area contributed by atoms with Crippen LogP contribution in [0.15, 0.2) is 24.4 Å². The smallest absolute Gasteiger partial charge is 0.148 e. The van der Waals surface area contributed by atoms with Crippen molar-refractivity contribution in [3.8, 4) is 0 Å². The quantitative estimate of drug-likeness (QED) is 0.685. The summed E-state index contributed by atoms with van der Waals surface area (Å²) < 4.78 is 0. The van der Waals surface area contributed by atoms with Gasteiger partial charge in [-0.05, 0) is 25.2 Å². The van der Waals surface area contributed by atoms with Crippen LogP contribution in [-0.2, 0) is 0 Å². The van der Waals surface area contributed by atoms with E-state index in [1.54, 1.807) is 6.20 Å². The van der Waals surface area contributed by atoms with Gasteiger partial charge in [0, 0.05) is 6.20 Å². The molecule has 0 saturated heterocycles. The maximum atomic E-state index is 4.36. The van der Waals surface area contributed by atoms with E-state index >= 15 is 0 Å². The molecule has 0 aromatic carbocycles. The van der Waals surface area contributed by atoms with E-state index in [0.717, 1.165) is 25.6 Å². The second-order valence-electron chi connectivity index (χ2n) is 2.79. The third-order valence-corrected chi connectivity index (χ3v) is 1.98. The molecule has 0 aliphatic heterocycles. The minimum atomic E-state index is 0.740. The molecule has 3 heteroatoms. The molecule has 0 saturated carbocycles. The van der Waals surface area contributed by atoms with Gasteiger partial charge in [0.2, 0.25) is 0 Å². The van der Waals surface area contributed by atoms with Gasteiger partial charge in [0.05, 0.1) is 6.67 Å². The molecule has 1 radical (unpaired) electrons. The largest absolute Gasteiger partial charge is 0.285 e. The molecule has 0 unspecified atom stereocenters. The van der Waals surface area contributed by atoms with Crippen molar-refractivity contribution >= 4 is 5.82 Å². The van der Waals surface area contributed by atoms with Crippen molar-refractivity contribution in [1.82, 2.24) is 15.2 Å². The Morgan fingerprint density at radius 2 is 2.08 bits per heavy atom. The fourth-order valence-electron chi connectivity index (χ4n) is 1.04. The van der Waals surface area contributed by atoms with Crippen molar-refractivity contribution in [3.63, 3.8) is 0 Å². The van der Waals surface area contributed by atoms with E-state index in [2.05, 4.69) is 29.0 Å². The van der Waals surface area contributed by atoms with Gasteiger partial charge >= 0.3 is 0 Å². The van der Waals surface area contributed by atoms with Crippen LogP contribution in [0.5, 0.6) is 0 Å². The van der Waals surface area contributed by atoms with Gasteiger partial charge in [-0.15, -0.1) is 0 Å². The Morgan fingerprint density at radius 1 is 1.31 bits per heavy atom. The van der Waals surface area contributed by atoms with E-state index in [1.165, 1.54) is 0 Å². The molecule has 1 aromatic rings. The highest BCUT2D eigenvalue weighted by atomic mass is 15.2. The van der Waals surface area contributed by atoms with E-state index in [1.807, 2.05) is 18.2 Å². The topological polar surface area (TPSA) is 30.2 Å². The molecule has 3 nitrogen and oxygen atoms in total. The van der Waals surface area contributed by atoms with E-state index in [-0.39, 0.29) is 0 Å². The Hall–Kier alpha value is -1.09. The van der Waals surface area contributed by atoms with Gasteiger partial charge in [0.15, 0.2) is 0 Å². The highest BCUT2D eigenvalue weighted by molar-refractivity contribution is 5.23. The first kappa shape index (κ1) is 9.99. The van der Waals surface area contributed by atoms with Crippen LogP contribution in [0.3, 0.4) is 0 Å². The summed E-state index contributed by atoms with van der Waals surface area (Å²) >= 11 is 0. The Balaban J connectivity index is 2.34. The molecule has 1 aromatic heterocycles. The molecule has 0 aliphatic carbocycles. The van der Waals surface area contributed by atoms with Gasteiger partial charge in [-0.1, -0.05) is 19.9 Å². The molecular formula is C10H16N3. The highest BCUT2D eigenvalue weighted by Crippen LogP contribution is 1.99. The van der Waals surface area contributed by atoms with Gasteiger partial charge < -0.3 is 0 Å². The molecule has 0 fully saturated rings. The lowest BCUT2D eigenvalue weighted by atomic mass is 10.4. The van der Waals surface area contributed by atoms with E-state index in [9.17, 15) is 0 Å². The molecule has 0 bridgehead atoms. The van der Waals surface area contributed by atoms with E-state index in [0.29, 0.717) is 0 Å². The number of nitrogens with zero attached hydrogens (tertiary/aromatic N) is 3. The summed E-state index contributed by atoms with van der Waals surface area (Å²) in [7, 11) is 0. The minimum Gasteiger partial charge on any atom is -0.285 e. The summed E-state index contributed by atoms with van der Waals surface area (Å²) in [5, 5.41) is 4.36. The van der Waals surface area contributed by atoms with Crippen LogP contribution >= 0.6 is 0 Å². The van der Waals surface area contributed by atoms with Gasteiger partial charge in [-0.25, -0.2) is 4.98 Å². The number of aromatic nitrogens is 1. The summed E-state index contributed by atoms with van der Waals surface area (Å²) in [6, 6.07) is 5.77. The zero-order valence-corrected chi connectivity index (χ0v) is 8.27. The van der Waals surface area contributed by atoms with Crippen molar-refractivity contribution in [3.05, 3.63) is 24.4 Å². The molecule has 1 heterocycles. The van der Waals surface area contributed by atoms with E-state index < -0.39 is 0 Å². The predicted octanol–water partition coefficient (Wildman–Crippen LogP) is 1.62. The van der Waals surface area contributed by atoms with Gasteiger partial charge in [0.1, 0.15) is 5.82 Å². The number of rotatable bonds is 5. The molecule has 0 aliphatic rings. The Morgan fingerprint density at radius 3 is 2.62 bits per heavy atom. The minimum absolute atomic E-state index is 0.740. The first-order valence-corrected chi connectivity index (χ1v) is 4.67. The molecule has 0 spiro atoms. The van der Waals surface area contributed by atoms with Crippen molar-refractivity contribution in [2.24, 2.45) is 0 Å². The summed E-state index contributed by atoms with van der Waals surface area (Å²) in [4.78, 5) is 6.37. The third-order valence-electron chi connectivity index (χ3n) is 1.98. The maximum Gasteiger partial charge on any atom is 0.148 e. The SMILES string of the molecule is CCN(CC)C[N]c1ccccn1. The first-order chi connectivity index (χ1) is 6.36. The predicted molar refractivity (Wildman–Crippen MR) is 53.8 cm³/mol. The van der Waals surface area contributed by atoms with Crippen LogP contribution < -0.4 is 5.32 Å². The zero-order chi connectivity index (χ0) is 9.52. The van der Waals surface area contributed by atoms with Crippen LogP contribution in [-0.4, -0.2) is 29.6 Å². The van der Waals surface area contributed by atoms with Crippen LogP contribution in [0.2, 0.25) is 0 Å². The third kappa shape index (κ3) is 3.42. The average Bonchev–Trinajstić information content (AvgIpc) is 2.21. The van der Waals surface area contributed by atoms with Crippen LogP contribution in [0.25, 0.3) is 0 Å². The van der Waals surface area contributed by atoms with Gasteiger partial charge in [0.25, 0.3) is 0 Å². The average molecular weight is 178 g/mol. The maximum absolute atomic E-state index is 4.36. The molecular weight excluding hydrogens is 162 g/mol. The van der Waals surface area contributed by atoms with Gasteiger partial charge in [-0.3, -0.25) is 10.2 Å². The number of hydrogen-bond acceptors (Lipinski definition) is 2. The zero-order valence-electron chi connectivity index (χ0n) is 8.27. The summed E-state index contributed by atoms with van der Waals surface area (Å²) in [6.07, 6.45) is 1.76. The summed E-state index contributed by atoms with van der Waals surface area (Å²) in [6.45, 7) is 7.08. The standard InChI is InChI=1S/C10H16N3/c1-3-13(4-2)9-12-10-7-5-6-8-11-10/h5-8H,3-4,9H2,1-2H3. The second kappa shape index (κ2) is 5.54.